The van der Waals surface area contributed by atoms with Gasteiger partial charge in [-0.1, -0.05) is 80.0 Å². The van der Waals surface area contributed by atoms with Crippen molar-refractivity contribution in [1.29, 1.82) is 0 Å². The van der Waals surface area contributed by atoms with Crippen LogP contribution in [0.1, 0.15) is 0 Å². The number of anilines is 3. The summed E-state index contributed by atoms with van der Waals surface area (Å²) in [5.41, 5.74) is 4.83. The van der Waals surface area contributed by atoms with Gasteiger partial charge in [-0.15, -0.1) is 0 Å². The summed E-state index contributed by atoms with van der Waals surface area (Å²) in [6.45, 7) is 7.05. The van der Waals surface area contributed by atoms with Gasteiger partial charge < -0.3 is 43.4 Å². The van der Waals surface area contributed by atoms with E-state index in [1.165, 1.54) is 31.1 Å². The summed E-state index contributed by atoms with van der Waals surface area (Å²) in [7, 11) is 0. The van der Waals surface area contributed by atoms with Crippen LogP contribution in [0.3, 0.4) is 0 Å². The fraction of sp³-hybridized carbons (Fsp3) is 0.435. The van der Waals surface area contributed by atoms with Crippen molar-refractivity contribution < 1.29 is 38.4 Å². The van der Waals surface area contributed by atoms with Crippen LogP contribution < -0.4 is 44.4 Å². The maximum atomic E-state index is 5.48. The second-order valence-electron chi connectivity index (χ2n) is 7.09. The minimum Gasteiger partial charge on any atom is 0 e. The van der Waals surface area contributed by atoms with Crippen molar-refractivity contribution in [2.24, 2.45) is 23.4 Å². The molecule has 0 unspecified atom stereocenters. The van der Waals surface area contributed by atoms with Crippen molar-refractivity contribution >= 4 is 157 Å². The summed E-state index contributed by atoms with van der Waals surface area (Å²) in [6.07, 6.45) is 4.14. The number of morpholine rings is 2. The minimum atomic E-state index is -0.278. The van der Waals surface area contributed by atoms with E-state index < -0.39 is 0 Å². The Bertz CT molecular complexity index is 1090. The summed E-state index contributed by atoms with van der Waals surface area (Å²) in [6, 6.07) is 4.83. The van der Waals surface area contributed by atoms with Gasteiger partial charge in [0.2, 0.25) is 0 Å². The fourth-order valence-electron chi connectivity index (χ4n) is 2.63. The van der Waals surface area contributed by atoms with Crippen LogP contribution in [-0.4, -0.2) is 97.8 Å². The quantitative estimate of drug-likeness (QED) is 0.0472. The van der Waals surface area contributed by atoms with Crippen LogP contribution in [0.2, 0.25) is 15.5 Å². The largest absolute Gasteiger partial charge is 0 e. The van der Waals surface area contributed by atoms with Gasteiger partial charge in [-0.05, 0) is 9.86 Å². The predicted molar refractivity (Wildman–Crippen MR) is 244 cm³/mol. The Morgan fingerprint density at radius 1 is 0.700 bits per heavy atom. The number of aromatic nitrogens is 6. The molecule has 0 atom stereocenters. The number of nitrogens with zero attached hydrogens (tertiary/aromatic N) is 7. The second kappa shape index (κ2) is 49.0. The van der Waals surface area contributed by atoms with Crippen LogP contribution in [0.25, 0.3) is 0 Å². The maximum Gasteiger partial charge on any atom is 0 e. The number of ether oxygens (including phenoxy) is 2. The maximum absolute atomic E-state index is 5.48. The molecule has 0 saturated carbocycles. The number of hydrogen-bond acceptors (Lipinski definition) is 16. The molecule has 17 nitrogen and oxygen atoms in total. The first-order valence-electron chi connectivity index (χ1n) is 12.6. The molecule has 0 amide bonds. The third-order valence-corrected chi connectivity index (χ3v) is 4.98. The normalized spacial score (nSPS) is 11.8. The summed E-state index contributed by atoms with van der Waals surface area (Å²) in [5.74, 6) is 20.3. The average molecular weight is 1410 g/mol. The number of alkyl halides is 2. The minimum absolute atomic E-state index is 0. The molecule has 27 heteroatoms. The zero-order valence-corrected chi connectivity index (χ0v) is 43.1. The Morgan fingerprint density at radius 2 is 1.06 bits per heavy atom. The molecule has 291 valence electrons. The SMILES string of the molecule is C1COCCN1.CI.CI.Clc1cc(Cl)ncn1.NN.NNc1cc(Cl)ncn1.NNc1cc(N2CCOCC2)ncn1.O.[CH3-].[I][V]([I])[I].[V]. The summed E-state index contributed by atoms with van der Waals surface area (Å²) < 4.78 is 10.3. The van der Waals surface area contributed by atoms with Crippen LogP contribution in [-0.2, 0) is 32.9 Å². The predicted octanol–water partition coefficient (Wildman–Crippen LogP) is 4.60. The Labute approximate surface area is 387 Å². The smallest absolute Gasteiger partial charge is 0 e. The van der Waals surface area contributed by atoms with Crippen molar-refractivity contribution in [3.05, 3.63) is 60.1 Å². The Balaban J connectivity index is -0.000000120. The molecule has 0 bridgehead atoms. The van der Waals surface area contributed by atoms with Gasteiger partial charge in [0.05, 0.1) is 26.4 Å². The molecule has 3 aromatic heterocycles. The van der Waals surface area contributed by atoms with Crippen LogP contribution in [0.4, 0.5) is 17.5 Å². The molecule has 2 aliphatic rings. The number of hydrazine groups is 3. The molecule has 2 aliphatic heterocycles. The monoisotopic (exact) mass is 1410 g/mol. The van der Waals surface area contributed by atoms with E-state index in [0.717, 1.165) is 58.4 Å². The molecule has 0 aliphatic carbocycles. The van der Waals surface area contributed by atoms with Gasteiger partial charge >= 0.3 is 64.9 Å². The number of nitrogens with two attached hydrogens (primary N) is 4. The van der Waals surface area contributed by atoms with Crippen molar-refractivity contribution in [2.45, 2.75) is 0 Å². The van der Waals surface area contributed by atoms with E-state index in [2.05, 4.69) is 168 Å². The van der Waals surface area contributed by atoms with E-state index in [1.807, 2.05) is 15.9 Å². The number of nitrogens with one attached hydrogen (secondary N) is 3. The Hall–Kier alpha value is 2.01. The number of halogens is 8. The van der Waals surface area contributed by atoms with Crippen molar-refractivity contribution in [1.82, 2.24) is 35.2 Å². The molecular weight excluding hydrogens is 1360 g/mol. The van der Waals surface area contributed by atoms with Crippen molar-refractivity contribution in [3.63, 3.8) is 0 Å². The van der Waals surface area contributed by atoms with Crippen molar-refractivity contribution in [2.75, 3.05) is 78.2 Å². The summed E-state index contributed by atoms with van der Waals surface area (Å²) >= 11 is 28.0. The van der Waals surface area contributed by atoms with Gasteiger partial charge in [0, 0.05) is 62.9 Å². The molecule has 0 spiro atoms. The molecule has 2 saturated heterocycles. The van der Waals surface area contributed by atoms with Crippen molar-refractivity contribution in [3.8, 4) is 0 Å². The first-order chi connectivity index (χ1) is 22.7. The van der Waals surface area contributed by atoms with Crippen LogP contribution in [0.15, 0.2) is 37.2 Å². The van der Waals surface area contributed by atoms with Crippen LogP contribution in [0, 0.1) is 7.43 Å². The molecule has 50 heavy (non-hydrogen) atoms. The zero-order chi connectivity index (χ0) is 36.3. The topological polar surface area (TPSA) is 271 Å². The van der Waals surface area contributed by atoms with E-state index in [-0.39, 0.29) is 36.4 Å². The first kappa shape index (κ1) is 63.9. The Morgan fingerprint density at radius 3 is 1.36 bits per heavy atom. The third-order valence-electron chi connectivity index (χ3n) is 4.36. The van der Waals surface area contributed by atoms with E-state index in [9.17, 15) is 0 Å². The van der Waals surface area contributed by atoms with Gasteiger partial charge in [-0.2, -0.15) is 0 Å². The average Bonchev–Trinajstić information content (AvgIpc) is 3.12. The molecule has 5 heterocycles. The first-order valence-corrected chi connectivity index (χ1v) is 31.5. The zero-order valence-electron chi connectivity index (χ0n) is 27.3. The van der Waals surface area contributed by atoms with Gasteiger partial charge in [0.25, 0.3) is 0 Å². The molecular formula is C23H44Cl3I5N14O3V2-. The molecule has 1 radical (unpaired) electrons. The molecule has 13 N–H and O–H groups in total. The molecule has 2 fully saturated rings. The van der Waals surface area contributed by atoms with E-state index in [4.69, 9.17) is 56.0 Å². The standard InChI is InChI=1S/C8H13N5O.C4H2Cl2N2.C4H5ClN4.C4H9NO.2CH3I.CH3.3HI.H4N2.H2O.2V/c9-12-7-5-8(11-6-10-7)13-1-3-14-4-2-13;5-3-1-4(6)8-2-7-3;5-3-1-4(9-6)8-2-7-3;1-3-6-4-2-5-1;2*1-2;;;;;1-2;;;/h5-6H,1-4,9H2,(H,10,11,12);1-2H;1-2H,6H2,(H,7,8,9);5H,1-4H2;2*1H3;1H3;3*1H;1-2H2;1H2;;/q;;;;;;-1;;;;;;;+3/p-3. The van der Waals surface area contributed by atoms with Gasteiger partial charge in [-0.25, -0.2) is 41.6 Å². The summed E-state index contributed by atoms with van der Waals surface area (Å²) in [5, 5.41) is 4.26. The third kappa shape index (κ3) is 41.2. The van der Waals surface area contributed by atoms with E-state index in [0.29, 0.717) is 27.1 Å². The number of rotatable bonds is 3. The molecule has 5 rings (SSSR count). The molecule has 3 aromatic rings. The molecule has 0 aromatic carbocycles. The number of hydrogen-bond donors (Lipinski definition) is 7. The summed E-state index contributed by atoms with van der Waals surface area (Å²) in [4.78, 5) is 28.5. The van der Waals surface area contributed by atoms with Crippen LogP contribution >= 0.6 is 140 Å². The number of nitrogen functional groups attached to an aromatic ring is 2. The second-order valence-corrected chi connectivity index (χ2v) is 43.6. The Kier molecular flexibility index (Phi) is 62.7. The van der Waals surface area contributed by atoms with Gasteiger partial charge in [-0.3, -0.25) is 11.7 Å². The van der Waals surface area contributed by atoms with E-state index in [1.54, 1.807) is 0 Å². The fourth-order valence-corrected chi connectivity index (χ4v) is 3.13. The van der Waals surface area contributed by atoms with Gasteiger partial charge in [0.15, 0.2) is 0 Å². The van der Waals surface area contributed by atoms with Crippen LogP contribution in [0.5, 0.6) is 0 Å². The van der Waals surface area contributed by atoms with Gasteiger partial charge in [0.1, 0.15) is 51.9 Å². The van der Waals surface area contributed by atoms with E-state index >= 15 is 0 Å².